The lowest BCUT2D eigenvalue weighted by Crippen LogP contribution is -2.59. The van der Waals surface area contributed by atoms with Crippen LogP contribution in [-0.2, 0) is 33.6 Å². The van der Waals surface area contributed by atoms with E-state index in [2.05, 4.69) is 10.6 Å². The normalized spacial score (nSPS) is 17.3. The van der Waals surface area contributed by atoms with E-state index in [-0.39, 0.29) is 19.5 Å². The van der Waals surface area contributed by atoms with Crippen molar-refractivity contribution in [2.45, 2.75) is 43.4 Å². The van der Waals surface area contributed by atoms with Crippen molar-refractivity contribution in [3.05, 3.63) is 0 Å². The molecule has 17 heteroatoms. The second kappa shape index (κ2) is 14.5. The van der Waals surface area contributed by atoms with E-state index in [1.54, 1.807) is 0 Å². The molecule has 1 fully saturated rings. The van der Waals surface area contributed by atoms with E-state index in [1.165, 1.54) is 4.90 Å². The first-order valence-electron chi connectivity index (χ1n) is 10.8. The molecule has 4 atom stereocenters. The van der Waals surface area contributed by atoms with Gasteiger partial charge in [0.1, 0.15) is 24.2 Å². The molecule has 0 saturated carbocycles. The summed E-state index contributed by atoms with van der Waals surface area (Å²) in [6, 6.07) is -6.23. The average molecular weight is 518 g/mol. The fourth-order valence-electron chi connectivity index (χ4n) is 3.26. The van der Waals surface area contributed by atoms with E-state index in [9.17, 15) is 38.7 Å². The molecule has 1 aliphatic heterocycles. The van der Waals surface area contributed by atoms with Crippen LogP contribution in [0.4, 0.5) is 0 Å². The third-order valence-corrected chi connectivity index (χ3v) is 5.12. The average Bonchev–Trinajstić information content (AvgIpc) is 3.33. The molecule has 0 aromatic carbocycles. The van der Waals surface area contributed by atoms with Gasteiger partial charge in [-0.05, 0) is 12.8 Å². The number of carboxylic acid groups (broad SMARTS) is 2. The van der Waals surface area contributed by atoms with Crippen LogP contribution < -0.4 is 27.0 Å². The maximum Gasteiger partial charge on any atom is 0.328 e. The number of nitrogens with zero attached hydrogens (tertiary/aromatic N) is 1. The summed E-state index contributed by atoms with van der Waals surface area (Å²) in [5.74, 6) is -7.49. The third kappa shape index (κ3) is 9.08. The SMILES string of the molecule is NCC(=O)NCC(=O)N1CCC[C@H]1C(=O)N[C@@H](CO)C(=O)N[C@@H](CC(=O)O)C(=O)N[C@@H](CO)C(=O)O. The highest BCUT2D eigenvalue weighted by atomic mass is 16.4. The molecule has 1 rings (SSSR count). The molecular formula is C19H30N6O11. The number of nitrogens with two attached hydrogens (primary N) is 1. The van der Waals surface area contributed by atoms with Crippen molar-refractivity contribution >= 4 is 41.5 Å². The number of likely N-dealkylation sites (tertiary alicyclic amines) is 1. The molecule has 1 aliphatic rings. The molecule has 17 nitrogen and oxygen atoms in total. The standard InChI is InChI=1S/C19H30N6O11/c20-5-13(28)21-6-14(29)25-3-1-2-12(25)18(34)23-10(7-26)17(33)22-9(4-15(30)31)16(32)24-11(8-27)19(35)36/h9-12,26-27H,1-8,20H2,(H,21,28)(H,22,33)(H,23,34)(H,24,32)(H,30,31)(H,35,36)/t9-,10-,11-,12-/m0/s1. The van der Waals surface area contributed by atoms with Gasteiger partial charge in [0.25, 0.3) is 0 Å². The molecule has 202 valence electrons. The molecule has 0 aromatic heterocycles. The Morgan fingerprint density at radius 2 is 1.47 bits per heavy atom. The van der Waals surface area contributed by atoms with E-state index in [0.717, 1.165) is 0 Å². The molecule has 0 bridgehead atoms. The number of aliphatic hydroxyl groups excluding tert-OH is 2. The number of carbonyl (C=O) groups is 7. The molecular weight excluding hydrogens is 488 g/mol. The monoisotopic (exact) mass is 518 g/mol. The number of carboxylic acids is 2. The van der Waals surface area contributed by atoms with Crippen LogP contribution in [0.5, 0.6) is 0 Å². The molecule has 10 N–H and O–H groups in total. The summed E-state index contributed by atoms with van der Waals surface area (Å²) in [6.07, 6.45) is -0.300. The molecule has 5 amide bonds. The van der Waals surface area contributed by atoms with Gasteiger partial charge in [-0.25, -0.2) is 4.79 Å². The van der Waals surface area contributed by atoms with Gasteiger partial charge in [-0.15, -0.1) is 0 Å². The first-order valence-corrected chi connectivity index (χ1v) is 10.8. The number of aliphatic hydroxyl groups is 2. The van der Waals surface area contributed by atoms with Crippen LogP contribution in [0, 0.1) is 0 Å². The van der Waals surface area contributed by atoms with Crippen LogP contribution in [0.2, 0.25) is 0 Å². The summed E-state index contributed by atoms with van der Waals surface area (Å²) in [4.78, 5) is 84.5. The molecule has 0 radical (unpaired) electrons. The third-order valence-electron chi connectivity index (χ3n) is 5.12. The number of rotatable bonds is 14. The molecule has 36 heavy (non-hydrogen) atoms. The molecule has 0 aliphatic carbocycles. The summed E-state index contributed by atoms with van der Waals surface area (Å²) >= 11 is 0. The van der Waals surface area contributed by atoms with Gasteiger partial charge >= 0.3 is 11.9 Å². The van der Waals surface area contributed by atoms with Crippen molar-refractivity contribution in [2.24, 2.45) is 5.73 Å². The van der Waals surface area contributed by atoms with Gasteiger partial charge in [0.15, 0.2) is 0 Å². The highest BCUT2D eigenvalue weighted by molar-refractivity contribution is 5.96. The van der Waals surface area contributed by atoms with E-state index in [4.69, 9.17) is 21.1 Å². The van der Waals surface area contributed by atoms with Crippen molar-refractivity contribution in [3.63, 3.8) is 0 Å². The Kier molecular flexibility index (Phi) is 12.2. The van der Waals surface area contributed by atoms with Gasteiger partial charge in [-0.1, -0.05) is 0 Å². The Bertz CT molecular complexity index is 867. The number of amides is 5. The number of nitrogens with one attached hydrogen (secondary N) is 4. The predicted octanol–water partition coefficient (Wildman–Crippen LogP) is -5.95. The van der Waals surface area contributed by atoms with Crippen LogP contribution in [0.3, 0.4) is 0 Å². The van der Waals surface area contributed by atoms with Crippen molar-refractivity contribution in [3.8, 4) is 0 Å². The highest BCUT2D eigenvalue weighted by Gasteiger charge is 2.36. The van der Waals surface area contributed by atoms with Crippen LogP contribution in [-0.4, -0.2) is 124 Å². The van der Waals surface area contributed by atoms with Crippen molar-refractivity contribution in [2.75, 3.05) is 32.8 Å². The van der Waals surface area contributed by atoms with Gasteiger partial charge in [-0.3, -0.25) is 28.8 Å². The summed E-state index contributed by atoms with van der Waals surface area (Å²) in [6.45, 7) is -2.50. The molecule has 0 unspecified atom stereocenters. The second-order valence-corrected chi connectivity index (χ2v) is 7.71. The zero-order valence-corrected chi connectivity index (χ0v) is 19.1. The molecule has 0 aromatic rings. The number of aliphatic carboxylic acids is 2. The van der Waals surface area contributed by atoms with Crippen LogP contribution in [0.15, 0.2) is 0 Å². The Morgan fingerprint density at radius 3 is 2.00 bits per heavy atom. The van der Waals surface area contributed by atoms with Crippen molar-refractivity contribution in [1.82, 2.24) is 26.2 Å². The Labute approximate surface area is 204 Å². The van der Waals surface area contributed by atoms with Gasteiger partial charge in [0.2, 0.25) is 29.5 Å². The molecule has 0 spiro atoms. The summed E-state index contributed by atoms with van der Waals surface area (Å²) < 4.78 is 0. The number of carbonyl (C=O) groups excluding carboxylic acids is 5. The highest BCUT2D eigenvalue weighted by Crippen LogP contribution is 2.17. The lowest BCUT2D eigenvalue weighted by atomic mass is 10.1. The lowest BCUT2D eigenvalue weighted by Gasteiger charge is -2.26. The number of hydrogen-bond donors (Lipinski definition) is 9. The van der Waals surface area contributed by atoms with Gasteiger partial charge < -0.3 is 52.3 Å². The minimum atomic E-state index is -1.80. The maximum atomic E-state index is 12.7. The maximum absolute atomic E-state index is 12.7. The van der Waals surface area contributed by atoms with Gasteiger partial charge in [0, 0.05) is 6.54 Å². The van der Waals surface area contributed by atoms with E-state index in [1.807, 2.05) is 10.6 Å². The largest absolute Gasteiger partial charge is 0.481 e. The first-order chi connectivity index (χ1) is 16.9. The van der Waals surface area contributed by atoms with Crippen LogP contribution in [0.25, 0.3) is 0 Å². The van der Waals surface area contributed by atoms with E-state index >= 15 is 0 Å². The summed E-state index contributed by atoms with van der Waals surface area (Å²) in [5, 5.41) is 44.9. The molecule has 1 saturated heterocycles. The zero-order chi connectivity index (χ0) is 27.4. The van der Waals surface area contributed by atoms with Crippen molar-refractivity contribution < 1.29 is 54.0 Å². The minimum Gasteiger partial charge on any atom is -0.481 e. The summed E-state index contributed by atoms with van der Waals surface area (Å²) in [5.41, 5.74) is 5.15. The lowest BCUT2D eigenvalue weighted by molar-refractivity contribution is -0.144. The Hall–Kier alpha value is -3.83. The topological polar surface area (TPSA) is 278 Å². The fourth-order valence-corrected chi connectivity index (χ4v) is 3.26. The molecule has 1 heterocycles. The van der Waals surface area contributed by atoms with E-state index in [0.29, 0.717) is 6.42 Å². The predicted molar refractivity (Wildman–Crippen MR) is 117 cm³/mol. The zero-order valence-electron chi connectivity index (χ0n) is 19.1. The van der Waals surface area contributed by atoms with Gasteiger partial charge in [-0.2, -0.15) is 0 Å². The smallest absolute Gasteiger partial charge is 0.328 e. The van der Waals surface area contributed by atoms with Crippen LogP contribution in [0.1, 0.15) is 19.3 Å². The van der Waals surface area contributed by atoms with Crippen LogP contribution >= 0.6 is 0 Å². The summed E-state index contributed by atoms with van der Waals surface area (Å²) in [7, 11) is 0. The van der Waals surface area contributed by atoms with Crippen molar-refractivity contribution in [1.29, 1.82) is 0 Å². The second-order valence-electron chi connectivity index (χ2n) is 7.71. The first kappa shape index (κ1) is 30.2. The minimum absolute atomic E-state index is 0.196. The quantitative estimate of drug-likeness (QED) is 0.104. The van der Waals surface area contributed by atoms with E-state index < -0.39 is 91.8 Å². The number of hydrogen-bond acceptors (Lipinski definition) is 10. The Balaban J connectivity index is 2.85. The van der Waals surface area contributed by atoms with Gasteiger partial charge in [0.05, 0.1) is 32.7 Å². The fraction of sp³-hybridized carbons (Fsp3) is 0.632. The Morgan fingerprint density at radius 1 is 0.889 bits per heavy atom.